The number of non-ortho nitro benzene ring substituents is 1. The fourth-order valence-corrected chi connectivity index (χ4v) is 4.21. The van der Waals surface area contributed by atoms with E-state index in [0.717, 1.165) is 22.7 Å². The highest BCUT2D eigenvalue weighted by molar-refractivity contribution is 9.11. The summed E-state index contributed by atoms with van der Waals surface area (Å²) in [4.78, 5) is 37.2. The third kappa shape index (κ3) is 3.76. The zero-order chi connectivity index (χ0) is 18.8. The zero-order valence-corrected chi connectivity index (χ0v) is 15.8. The highest BCUT2D eigenvalue weighted by atomic mass is 79.9. The molecule has 1 aromatic carbocycles. The first kappa shape index (κ1) is 18.1. The van der Waals surface area contributed by atoms with Crippen molar-refractivity contribution in [2.45, 2.75) is 0 Å². The van der Waals surface area contributed by atoms with E-state index in [1.165, 1.54) is 24.3 Å². The molecule has 0 radical (unpaired) electrons. The standard InChI is InChI=1S/C14H7BrN4O5S2/c15-12-11(7-2-1-3-8(6-7)18(21)22)16-14(26-12)17-13(20)9-4-5-10(25-9)19(23)24/h1-6H,(H,16,17,20). The molecular formula is C14H7BrN4O5S2. The molecule has 1 amide bonds. The molecule has 0 bridgehead atoms. The lowest BCUT2D eigenvalue weighted by Gasteiger charge is -1.99. The molecule has 3 rings (SSSR count). The number of halogens is 1. The molecule has 0 fully saturated rings. The molecule has 12 heteroatoms. The van der Waals surface area contributed by atoms with Crippen molar-refractivity contribution < 1.29 is 14.6 Å². The summed E-state index contributed by atoms with van der Waals surface area (Å²) >= 11 is 5.23. The summed E-state index contributed by atoms with van der Waals surface area (Å²) in [5.74, 6) is -0.519. The molecule has 1 N–H and O–H groups in total. The molecule has 0 aliphatic rings. The van der Waals surface area contributed by atoms with Gasteiger partial charge in [-0.3, -0.25) is 30.3 Å². The van der Waals surface area contributed by atoms with Gasteiger partial charge in [0.25, 0.3) is 11.6 Å². The zero-order valence-electron chi connectivity index (χ0n) is 12.5. The molecule has 9 nitrogen and oxygen atoms in total. The third-order valence-electron chi connectivity index (χ3n) is 3.13. The number of hydrogen-bond donors (Lipinski definition) is 1. The van der Waals surface area contributed by atoms with Crippen molar-refractivity contribution >= 4 is 60.3 Å². The molecule has 0 unspecified atom stereocenters. The minimum atomic E-state index is -0.568. The van der Waals surface area contributed by atoms with E-state index >= 15 is 0 Å². The molecule has 0 aliphatic heterocycles. The van der Waals surface area contributed by atoms with Crippen LogP contribution in [-0.2, 0) is 0 Å². The summed E-state index contributed by atoms with van der Waals surface area (Å²) in [7, 11) is 0. The van der Waals surface area contributed by atoms with Crippen LogP contribution in [0.5, 0.6) is 0 Å². The van der Waals surface area contributed by atoms with Gasteiger partial charge in [-0.05, 0) is 22.0 Å². The Hall–Kier alpha value is -2.70. The number of nitrogens with zero attached hydrogens (tertiary/aromatic N) is 3. The van der Waals surface area contributed by atoms with Crippen molar-refractivity contribution in [3.05, 3.63) is 65.3 Å². The van der Waals surface area contributed by atoms with Crippen LogP contribution in [0, 0.1) is 20.2 Å². The number of amides is 1. The van der Waals surface area contributed by atoms with Crippen LogP contribution in [0.2, 0.25) is 0 Å². The topological polar surface area (TPSA) is 128 Å². The van der Waals surface area contributed by atoms with Crippen LogP contribution in [0.1, 0.15) is 9.67 Å². The van der Waals surface area contributed by atoms with Crippen molar-refractivity contribution in [2.24, 2.45) is 0 Å². The van der Waals surface area contributed by atoms with Gasteiger partial charge in [0, 0.05) is 23.8 Å². The second-order valence-corrected chi connectivity index (χ2v) is 8.18. The Balaban J connectivity index is 1.83. The molecule has 2 aromatic heterocycles. The summed E-state index contributed by atoms with van der Waals surface area (Å²) in [5, 5.41) is 24.3. The lowest BCUT2D eigenvalue weighted by atomic mass is 10.1. The van der Waals surface area contributed by atoms with Gasteiger partial charge in [-0.25, -0.2) is 4.98 Å². The maximum Gasteiger partial charge on any atom is 0.324 e. The van der Waals surface area contributed by atoms with Gasteiger partial charge in [-0.15, -0.1) is 0 Å². The first-order chi connectivity index (χ1) is 12.3. The Labute approximate surface area is 161 Å². The first-order valence-corrected chi connectivity index (χ1v) is 9.24. The number of nitro benzene ring substituents is 1. The van der Waals surface area contributed by atoms with Gasteiger partial charge in [0.1, 0.15) is 0 Å². The number of benzene rings is 1. The smallest absolute Gasteiger partial charge is 0.297 e. The van der Waals surface area contributed by atoms with Gasteiger partial charge in [-0.2, -0.15) is 0 Å². The van der Waals surface area contributed by atoms with Crippen LogP contribution in [-0.4, -0.2) is 20.7 Å². The van der Waals surface area contributed by atoms with Crippen molar-refractivity contribution in [3.63, 3.8) is 0 Å². The third-order valence-corrected chi connectivity index (χ3v) is 5.79. The maximum atomic E-state index is 12.2. The van der Waals surface area contributed by atoms with E-state index in [0.29, 0.717) is 15.0 Å². The fraction of sp³-hybridized carbons (Fsp3) is 0. The van der Waals surface area contributed by atoms with E-state index in [9.17, 15) is 25.0 Å². The van der Waals surface area contributed by atoms with Crippen LogP contribution in [0.3, 0.4) is 0 Å². The molecule has 0 atom stereocenters. The molecule has 3 aromatic rings. The highest BCUT2D eigenvalue weighted by Gasteiger charge is 2.19. The largest absolute Gasteiger partial charge is 0.324 e. The van der Waals surface area contributed by atoms with E-state index < -0.39 is 15.8 Å². The number of nitrogens with one attached hydrogen (secondary N) is 1. The van der Waals surface area contributed by atoms with Crippen LogP contribution in [0.4, 0.5) is 15.8 Å². The summed E-state index contributed by atoms with van der Waals surface area (Å²) in [6, 6.07) is 8.58. The molecular weight excluding hydrogens is 448 g/mol. The molecule has 2 heterocycles. The minimum Gasteiger partial charge on any atom is -0.297 e. The van der Waals surface area contributed by atoms with E-state index in [2.05, 4.69) is 26.2 Å². The Morgan fingerprint density at radius 3 is 2.54 bits per heavy atom. The summed E-state index contributed by atoms with van der Waals surface area (Å²) in [6.07, 6.45) is 0. The molecule has 132 valence electrons. The lowest BCUT2D eigenvalue weighted by molar-refractivity contribution is -0.384. The van der Waals surface area contributed by atoms with Crippen LogP contribution < -0.4 is 5.32 Å². The van der Waals surface area contributed by atoms with Gasteiger partial charge in [0.15, 0.2) is 5.13 Å². The van der Waals surface area contributed by atoms with Crippen LogP contribution in [0.15, 0.2) is 40.2 Å². The van der Waals surface area contributed by atoms with Crippen molar-refractivity contribution in [1.29, 1.82) is 0 Å². The normalized spacial score (nSPS) is 10.5. The van der Waals surface area contributed by atoms with Gasteiger partial charge in [0.05, 0.1) is 24.2 Å². The number of nitro groups is 2. The quantitative estimate of drug-likeness (QED) is 0.439. The van der Waals surface area contributed by atoms with Crippen molar-refractivity contribution in [3.8, 4) is 11.3 Å². The molecule has 26 heavy (non-hydrogen) atoms. The van der Waals surface area contributed by atoms with Crippen LogP contribution in [0.25, 0.3) is 11.3 Å². The molecule has 0 saturated heterocycles. The summed E-state index contributed by atoms with van der Waals surface area (Å²) in [6.45, 7) is 0. The number of carbonyl (C=O) groups is 1. The van der Waals surface area contributed by atoms with E-state index in [4.69, 9.17) is 0 Å². The molecule has 0 aliphatic carbocycles. The number of thiophene rings is 1. The monoisotopic (exact) mass is 454 g/mol. The number of thiazole rings is 1. The summed E-state index contributed by atoms with van der Waals surface area (Å²) < 4.78 is 0.588. The Kier molecular flexibility index (Phi) is 5.06. The van der Waals surface area contributed by atoms with E-state index in [-0.39, 0.29) is 20.7 Å². The van der Waals surface area contributed by atoms with Gasteiger partial charge >= 0.3 is 5.00 Å². The molecule has 0 spiro atoms. The van der Waals surface area contributed by atoms with Crippen molar-refractivity contribution in [2.75, 3.05) is 5.32 Å². The molecule has 0 saturated carbocycles. The lowest BCUT2D eigenvalue weighted by Crippen LogP contribution is -2.09. The van der Waals surface area contributed by atoms with Gasteiger partial charge in [-0.1, -0.05) is 34.8 Å². The Bertz CT molecular complexity index is 1030. The predicted molar refractivity (Wildman–Crippen MR) is 101 cm³/mol. The van der Waals surface area contributed by atoms with Gasteiger partial charge < -0.3 is 0 Å². The average Bonchev–Trinajstić information content (AvgIpc) is 3.22. The van der Waals surface area contributed by atoms with E-state index in [1.54, 1.807) is 12.1 Å². The minimum absolute atomic E-state index is 0.0705. The Morgan fingerprint density at radius 1 is 1.12 bits per heavy atom. The second-order valence-electron chi connectivity index (χ2n) is 4.80. The number of hydrogen-bond acceptors (Lipinski definition) is 8. The van der Waals surface area contributed by atoms with Gasteiger partial charge in [0.2, 0.25) is 0 Å². The number of aromatic nitrogens is 1. The number of anilines is 1. The SMILES string of the molecule is O=C(Nc1nc(-c2cccc([N+](=O)[O-])c2)c(Br)s1)c1ccc([N+](=O)[O-])s1. The van der Waals surface area contributed by atoms with Crippen LogP contribution >= 0.6 is 38.6 Å². The van der Waals surface area contributed by atoms with E-state index in [1.807, 2.05) is 0 Å². The first-order valence-electron chi connectivity index (χ1n) is 6.82. The Morgan fingerprint density at radius 2 is 1.88 bits per heavy atom. The summed E-state index contributed by atoms with van der Waals surface area (Å²) in [5.41, 5.74) is 0.902. The number of carbonyl (C=O) groups excluding carboxylic acids is 1. The average molecular weight is 455 g/mol. The fourth-order valence-electron chi connectivity index (χ4n) is 2.01. The highest BCUT2D eigenvalue weighted by Crippen LogP contribution is 2.37. The van der Waals surface area contributed by atoms with Crippen molar-refractivity contribution in [1.82, 2.24) is 4.98 Å². The predicted octanol–water partition coefficient (Wildman–Crippen LogP) is 4.70. The maximum absolute atomic E-state index is 12.2. The second kappa shape index (κ2) is 7.27. The number of rotatable bonds is 5.